The van der Waals surface area contributed by atoms with Crippen LogP contribution in [0.2, 0.25) is 0 Å². The number of carbonyl (C=O) groups excluding carboxylic acids is 2. The maximum Gasteiger partial charge on any atom is 0.341 e. The summed E-state index contributed by atoms with van der Waals surface area (Å²) in [6, 6.07) is 0.0673. The van der Waals surface area contributed by atoms with Gasteiger partial charge in [-0.2, -0.15) is 4.98 Å². The number of anilines is 2. The Bertz CT molecular complexity index is 1040. The molecule has 1 amide bonds. The SMILES string of the molecule is CC(=O)N1CC[C@H](Nc2nc(N3CC(OC(=O)c4cnsc4)C3)nc3c2[S@](=O)CC3)C1. The maximum absolute atomic E-state index is 12.5. The second-order valence-corrected chi connectivity index (χ2v) is 10.1. The summed E-state index contributed by atoms with van der Waals surface area (Å²) in [6.07, 6.45) is 2.74. The second-order valence-electron chi connectivity index (χ2n) is 7.89. The predicted octanol–water partition coefficient (Wildman–Crippen LogP) is 0.675. The van der Waals surface area contributed by atoms with Gasteiger partial charge in [0.15, 0.2) is 0 Å². The first-order chi connectivity index (χ1) is 15.0. The Kier molecular flexibility index (Phi) is 5.34. The third-order valence-corrected chi connectivity index (χ3v) is 7.77. The summed E-state index contributed by atoms with van der Waals surface area (Å²) < 4.78 is 21.9. The number of rotatable bonds is 5. The van der Waals surface area contributed by atoms with Crippen LogP contribution in [0.1, 0.15) is 29.4 Å². The van der Waals surface area contributed by atoms with Crippen molar-refractivity contribution in [1.82, 2.24) is 19.2 Å². The lowest BCUT2D eigenvalue weighted by molar-refractivity contribution is -0.127. The minimum atomic E-state index is -1.13. The Hall–Kier alpha value is -2.60. The second kappa shape index (κ2) is 8.15. The number of carbonyl (C=O) groups is 2. The van der Waals surface area contributed by atoms with Crippen molar-refractivity contribution in [1.29, 1.82) is 0 Å². The van der Waals surface area contributed by atoms with Gasteiger partial charge >= 0.3 is 5.97 Å². The molecular weight excluding hydrogens is 440 g/mol. The Morgan fingerprint density at radius 2 is 2.13 bits per heavy atom. The van der Waals surface area contributed by atoms with E-state index in [1.54, 1.807) is 17.2 Å². The number of nitrogens with one attached hydrogen (secondary N) is 1. The molecule has 3 aliphatic rings. The molecule has 1 N–H and O–H groups in total. The van der Waals surface area contributed by atoms with Crippen molar-refractivity contribution in [2.45, 2.75) is 36.8 Å². The molecule has 12 heteroatoms. The summed E-state index contributed by atoms with van der Waals surface area (Å²) in [6.45, 7) is 3.89. The van der Waals surface area contributed by atoms with E-state index < -0.39 is 10.8 Å². The van der Waals surface area contributed by atoms with Crippen molar-refractivity contribution in [3.8, 4) is 0 Å². The van der Waals surface area contributed by atoms with Crippen LogP contribution in [0.25, 0.3) is 0 Å². The van der Waals surface area contributed by atoms with Gasteiger partial charge in [0.05, 0.1) is 41.3 Å². The largest absolute Gasteiger partial charge is 0.455 e. The fourth-order valence-electron chi connectivity index (χ4n) is 3.98. The van der Waals surface area contributed by atoms with Gasteiger partial charge in [0, 0.05) is 43.6 Å². The number of aryl methyl sites for hydroxylation is 1. The molecule has 0 spiro atoms. The number of likely N-dealkylation sites (tertiary alicyclic amines) is 1. The average Bonchev–Trinajstić information content (AvgIpc) is 3.45. The summed E-state index contributed by atoms with van der Waals surface area (Å²) in [4.78, 5) is 37.5. The van der Waals surface area contributed by atoms with E-state index in [1.807, 2.05) is 4.90 Å². The highest BCUT2D eigenvalue weighted by Crippen LogP contribution is 2.32. The summed E-state index contributed by atoms with van der Waals surface area (Å²) in [5.41, 5.74) is 1.26. The zero-order valence-corrected chi connectivity index (χ0v) is 18.6. The monoisotopic (exact) mass is 462 g/mol. The third kappa shape index (κ3) is 4.01. The predicted molar refractivity (Wildman–Crippen MR) is 115 cm³/mol. The van der Waals surface area contributed by atoms with Gasteiger partial charge in [-0.25, -0.2) is 14.2 Å². The van der Waals surface area contributed by atoms with Crippen molar-refractivity contribution in [2.75, 3.05) is 42.1 Å². The minimum absolute atomic E-state index is 0.0564. The molecule has 2 fully saturated rings. The van der Waals surface area contributed by atoms with Crippen LogP contribution in [0.4, 0.5) is 11.8 Å². The standard InChI is InChI=1S/C19H22N6O4S2/c1-11(26)24-4-2-13(7-24)21-17-16-15(3-5-31(16)28)22-19(23-17)25-8-14(9-25)29-18(27)12-6-20-30-10-12/h6,10,13-14H,2-5,7-9H2,1H3,(H,21,22,23)/t13-,31+/m0/s1. The smallest absolute Gasteiger partial charge is 0.341 e. The van der Waals surface area contributed by atoms with Gasteiger partial charge in [-0.1, -0.05) is 0 Å². The number of fused-ring (bicyclic) bond motifs is 1. The lowest BCUT2D eigenvalue weighted by Gasteiger charge is -2.38. The minimum Gasteiger partial charge on any atom is -0.455 e. The number of aromatic nitrogens is 3. The van der Waals surface area contributed by atoms with E-state index in [0.717, 1.165) is 12.1 Å². The van der Waals surface area contributed by atoms with Crippen LogP contribution >= 0.6 is 11.5 Å². The van der Waals surface area contributed by atoms with E-state index in [9.17, 15) is 13.8 Å². The number of amides is 1. The van der Waals surface area contributed by atoms with Crippen molar-refractivity contribution in [3.63, 3.8) is 0 Å². The molecule has 0 aliphatic carbocycles. The first kappa shape index (κ1) is 20.3. The van der Waals surface area contributed by atoms with Gasteiger partial charge < -0.3 is 19.9 Å². The van der Waals surface area contributed by atoms with Crippen LogP contribution in [-0.2, 0) is 26.8 Å². The lowest BCUT2D eigenvalue weighted by Crippen LogP contribution is -2.53. The van der Waals surface area contributed by atoms with Crippen LogP contribution in [-0.4, -0.2) is 79.4 Å². The molecule has 0 unspecified atom stereocenters. The molecule has 2 saturated heterocycles. The van der Waals surface area contributed by atoms with Gasteiger partial charge in [0.25, 0.3) is 0 Å². The molecule has 0 radical (unpaired) electrons. The van der Waals surface area contributed by atoms with E-state index in [1.165, 1.54) is 17.7 Å². The molecule has 0 bridgehead atoms. The quantitative estimate of drug-likeness (QED) is 0.640. The Balaban J connectivity index is 1.28. The molecule has 2 aromatic heterocycles. The summed E-state index contributed by atoms with van der Waals surface area (Å²) in [5.74, 6) is 1.37. The summed E-state index contributed by atoms with van der Waals surface area (Å²) in [5, 5.41) is 5.07. The van der Waals surface area contributed by atoms with Crippen LogP contribution in [0.5, 0.6) is 0 Å². The van der Waals surface area contributed by atoms with Crippen LogP contribution in [0.3, 0.4) is 0 Å². The zero-order chi connectivity index (χ0) is 21.5. The molecule has 5 heterocycles. The van der Waals surface area contributed by atoms with E-state index in [4.69, 9.17) is 4.74 Å². The number of nitrogens with zero attached hydrogens (tertiary/aromatic N) is 5. The summed E-state index contributed by atoms with van der Waals surface area (Å²) in [7, 11) is -1.13. The average molecular weight is 463 g/mol. The molecule has 164 valence electrons. The molecule has 0 saturated carbocycles. The van der Waals surface area contributed by atoms with Gasteiger partial charge in [-0.05, 0) is 18.0 Å². The topological polar surface area (TPSA) is 118 Å². The molecule has 5 rings (SSSR count). The molecule has 2 aromatic rings. The Morgan fingerprint density at radius 3 is 2.84 bits per heavy atom. The number of hydrogen-bond donors (Lipinski definition) is 1. The number of esters is 1. The van der Waals surface area contributed by atoms with Crippen LogP contribution in [0.15, 0.2) is 16.5 Å². The van der Waals surface area contributed by atoms with Gasteiger partial charge in [0.2, 0.25) is 11.9 Å². The Morgan fingerprint density at radius 1 is 1.29 bits per heavy atom. The highest BCUT2D eigenvalue weighted by atomic mass is 32.2. The van der Waals surface area contributed by atoms with Gasteiger partial charge in [0.1, 0.15) is 16.8 Å². The van der Waals surface area contributed by atoms with Gasteiger partial charge in [-0.3, -0.25) is 9.00 Å². The number of hydrogen-bond acceptors (Lipinski definition) is 10. The van der Waals surface area contributed by atoms with Crippen molar-refractivity contribution < 1.29 is 18.5 Å². The van der Waals surface area contributed by atoms with Crippen molar-refractivity contribution in [2.24, 2.45) is 0 Å². The third-order valence-electron chi connectivity index (χ3n) is 5.72. The zero-order valence-electron chi connectivity index (χ0n) is 16.9. The molecule has 10 nitrogen and oxygen atoms in total. The molecular formula is C19H22N6O4S2. The first-order valence-corrected chi connectivity index (χ1v) is 12.3. The maximum atomic E-state index is 12.5. The molecule has 31 heavy (non-hydrogen) atoms. The van der Waals surface area contributed by atoms with E-state index >= 15 is 0 Å². The van der Waals surface area contributed by atoms with E-state index in [0.29, 0.717) is 60.6 Å². The van der Waals surface area contributed by atoms with Crippen molar-refractivity contribution in [3.05, 3.63) is 22.8 Å². The highest BCUT2D eigenvalue weighted by Gasteiger charge is 2.35. The Labute approximate surface area is 185 Å². The normalized spacial score (nSPS) is 22.9. The van der Waals surface area contributed by atoms with E-state index in [2.05, 4.69) is 19.7 Å². The number of ether oxygens (including phenoxy) is 1. The first-order valence-electron chi connectivity index (χ1n) is 10.1. The van der Waals surface area contributed by atoms with Crippen LogP contribution < -0.4 is 10.2 Å². The van der Waals surface area contributed by atoms with Gasteiger partial charge in [-0.15, -0.1) is 0 Å². The van der Waals surface area contributed by atoms with Crippen molar-refractivity contribution >= 4 is 46.0 Å². The molecule has 3 aliphatic heterocycles. The molecule has 0 aromatic carbocycles. The highest BCUT2D eigenvalue weighted by molar-refractivity contribution is 7.85. The van der Waals surface area contributed by atoms with E-state index in [-0.39, 0.29) is 24.0 Å². The fourth-order valence-corrected chi connectivity index (χ4v) is 5.80. The van der Waals surface area contributed by atoms with Crippen LogP contribution in [0, 0.1) is 0 Å². The lowest BCUT2D eigenvalue weighted by atomic mass is 10.2. The summed E-state index contributed by atoms with van der Waals surface area (Å²) >= 11 is 1.21. The molecule has 2 atom stereocenters. The fraction of sp³-hybridized carbons (Fsp3) is 0.526.